The molecule has 2 aliphatic heterocycles. The largest absolute Gasteiger partial charge is 0.311 e. The van der Waals surface area contributed by atoms with Crippen molar-refractivity contribution in [1.29, 1.82) is 0 Å². The molecule has 0 radical (unpaired) electrons. The highest BCUT2D eigenvalue weighted by Gasteiger charge is 2.38. The molecule has 2 saturated heterocycles. The molecule has 0 amide bonds. The van der Waals surface area contributed by atoms with Gasteiger partial charge < -0.3 is 5.32 Å². The lowest BCUT2D eigenvalue weighted by Gasteiger charge is -2.34. The van der Waals surface area contributed by atoms with Crippen LogP contribution in [0, 0.1) is 0 Å². The fraction of sp³-hybridized carbons (Fsp3) is 0.562. The van der Waals surface area contributed by atoms with Gasteiger partial charge in [0.25, 0.3) is 0 Å². The predicted octanol–water partition coefficient (Wildman–Crippen LogP) is 1.79. The summed E-state index contributed by atoms with van der Waals surface area (Å²) in [5.41, 5.74) is 0.430. The minimum Gasteiger partial charge on any atom is -0.311 e. The van der Waals surface area contributed by atoms with Crippen LogP contribution < -0.4 is 5.32 Å². The van der Waals surface area contributed by atoms with Gasteiger partial charge in [-0.3, -0.25) is 4.79 Å². The van der Waals surface area contributed by atoms with Crippen LogP contribution in [0.3, 0.4) is 0 Å². The minimum absolute atomic E-state index is 0.0322. The van der Waals surface area contributed by atoms with E-state index in [4.69, 9.17) is 0 Å². The average molecular weight is 322 g/mol. The van der Waals surface area contributed by atoms with E-state index < -0.39 is 10.0 Å². The number of hydrogen-bond donors (Lipinski definition) is 1. The zero-order chi connectivity index (χ0) is 15.9. The van der Waals surface area contributed by atoms with Crippen LogP contribution in [0.2, 0.25) is 0 Å². The second kappa shape index (κ2) is 5.76. The van der Waals surface area contributed by atoms with Gasteiger partial charge in [-0.05, 0) is 44.7 Å². The number of nitrogens with one attached hydrogen (secondary N) is 1. The monoisotopic (exact) mass is 322 g/mol. The molecule has 2 aliphatic rings. The lowest BCUT2D eigenvalue weighted by atomic mass is 10.0. The van der Waals surface area contributed by atoms with Crippen molar-refractivity contribution in [2.75, 3.05) is 7.05 Å². The number of hydrogen-bond acceptors (Lipinski definition) is 4. The van der Waals surface area contributed by atoms with Gasteiger partial charge in [-0.1, -0.05) is 12.1 Å². The van der Waals surface area contributed by atoms with Crippen LogP contribution in [0.25, 0.3) is 0 Å². The van der Waals surface area contributed by atoms with Crippen molar-refractivity contribution in [1.82, 2.24) is 9.62 Å². The number of ketones is 1. The van der Waals surface area contributed by atoms with Crippen LogP contribution in [0.5, 0.6) is 0 Å². The molecule has 0 aromatic heterocycles. The highest BCUT2D eigenvalue weighted by atomic mass is 32.2. The lowest BCUT2D eigenvalue weighted by Crippen LogP contribution is -2.48. The Kier molecular flexibility index (Phi) is 4.09. The summed E-state index contributed by atoms with van der Waals surface area (Å²) in [7, 11) is -1.90. The smallest absolute Gasteiger partial charge is 0.243 e. The zero-order valence-electron chi connectivity index (χ0n) is 13.0. The number of carbonyl (C=O) groups is 1. The summed E-state index contributed by atoms with van der Waals surface area (Å²) < 4.78 is 27.2. The quantitative estimate of drug-likeness (QED) is 0.858. The molecule has 2 bridgehead atoms. The van der Waals surface area contributed by atoms with Crippen LogP contribution >= 0.6 is 0 Å². The molecule has 2 heterocycles. The van der Waals surface area contributed by atoms with Gasteiger partial charge >= 0.3 is 0 Å². The number of Topliss-reactive ketones (excluding diaryl/α,β-unsaturated/α-hetero) is 1. The second-order valence-corrected chi connectivity index (χ2v) is 8.37. The maximum absolute atomic E-state index is 12.8. The lowest BCUT2D eigenvalue weighted by molar-refractivity contribution is 0.101. The Morgan fingerprint density at radius 1 is 1.23 bits per heavy atom. The summed E-state index contributed by atoms with van der Waals surface area (Å²) in [6.45, 7) is 1.44. The first kappa shape index (κ1) is 15.6. The fourth-order valence-corrected chi connectivity index (χ4v) is 4.99. The van der Waals surface area contributed by atoms with Crippen molar-refractivity contribution in [3.05, 3.63) is 29.8 Å². The number of benzene rings is 1. The molecule has 2 unspecified atom stereocenters. The van der Waals surface area contributed by atoms with E-state index in [1.54, 1.807) is 25.2 Å². The molecule has 1 aromatic carbocycles. The Balaban J connectivity index is 1.86. The molecular weight excluding hydrogens is 300 g/mol. The Hall–Kier alpha value is -1.24. The van der Waals surface area contributed by atoms with Gasteiger partial charge in [0.1, 0.15) is 0 Å². The number of piperidine rings is 1. The summed E-state index contributed by atoms with van der Waals surface area (Å²) >= 11 is 0. The molecule has 2 fully saturated rings. The van der Waals surface area contributed by atoms with Crippen molar-refractivity contribution in [2.45, 2.75) is 55.6 Å². The number of nitrogens with zero attached hydrogens (tertiary/aromatic N) is 1. The summed E-state index contributed by atoms with van der Waals surface area (Å²) in [4.78, 5) is 11.7. The maximum Gasteiger partial charge on any atom is 0.243 e. The van der Waals surface area contributed by atoms with Crippen molar-refractivity contribution in [2.24, 2.45) is 0 Å². The first-order chi connectivity index (χ1) is 10.4. The average Bonchev–Trinajstić information content (AvgIpc) is 2.84. The summed E-state index contributed by atoms with van der Waals surface area (Å²) in [5.74, 6) is -0.125. The van der Waals surface area contributed by atoms with Crippen molar-refractivity contribution >= 4 is 15.8 Å². The molecule has 3 rings (SSSR count). The van der Waals surface area contributed by atoms with Gasteiger partial charge in [0.15, 0.2) is 5.78 Å². The zero-order valence-corrected chi connectivity index (χ0v) is 13.8. The minimum atomic E-state index is -3.56. The Morgan fingerprint density at radius 2 is 1.86 bits per heavy atom. The molecule has 1 aromatic rings. The van der Waals surface area contributed by atoms with E-state index in [1.165, 1.54) is 17.3 Å². The van der Waals surface area contributed by atoms with Crippen molar-refractivity contribution < 1.29 is 13.2 Å². The third kappa shape index (κ3) is 2.83. The van der Waals surface area contributed by atoms with Crippen molar-refractivity contribution in [3.63, 3.8) is 0 Å². The van der Waals surface area contributed by atoms with Gasteiger partial charge in [0.05, 0.1) is 4.90 Å². The maximum atomic E-state index is 12.8. The first-order valence-corrected chi connectivity index (χ1v) is 9.17. The van der Waals surface area contributed by atoms with Crippen LogP contribution in [0.1, 0.15) is 43.0 Å². The molecule has 0 spiro atoms. The molecule has 0 saturated carbocycles. The van der Waals surface area contributed by atoms with Gasteiger partial charge in [-0.15, -0.1) is 0 Å². The number of sulfonamides is 1. The van der Waals surface area contributed by atoms with Crippen LogP contribution in [-0.2, 0) is 10.0 Å². The van der Waals surface area contributed by atoms with Crippen LogP contribution in [0.15, 0.2) is 29.2 Å². The summed E-state index contributed by atoms with van der Waals surface area (Å²) in [6.07, 6.45) is 3.99. The predicted molar refractivity (Wildman–Crippen MR) is 84.4 cm³/mol. The number of fused-ring (bicyclic) bond motifs is 2. The molecule has 6 heteroatoms. The van der Waals surface area contributed by atoms with Crippen LogP contribution in [0.4, 0.5) is 0 Å². The van der Waals surface area contributed by atoms with Crippen molar-refractivity contribution in [3.8, 4) is 0 Å². The Morgan fingerprint density at radius 3 is 2.45 bits per heavy atom. The second-order valence-electron chi connectivity index (χ2n) is 6.37. The highest BCUT2D eigenvalue weighted by Crippen LogP contribution is 2.31. The molecule has 0 aliphatic carbocycles. The molecular formula is C16H22N2O3S. The van der Waals surface area contributed by atoms with E-state index in [2.05, 4.69) is 5.32 Å². The molecule has 22 heavy (non-hydrogen) atoms. The highest BCUT2D eigenvalue weighted by molar-refractivity contribution is 7.89. The third-order valence-electron chi connectivity index (χ3n) is 4.88. The van der Waals surface area contributed by atoms with Gasteiger partial charge in [0, 0.05) is 30.7 Å². The SMILES string of the molecule is CC(=O)c1cccc(S(=O)(=O)N(C)C2CC3CCC(C2)N3)c1. The Bertz CT molecular complexity index is 674. The normalized spacial score (nSPS) is 28.0. The van der Waals surface area contributed by atoms with E-state index in [-0.39, 0.29) is 16.7 Å². The molecule has 1 N–H and O–H groups in total. The molecule has 5 nitrogen and oxygen atoms in total. The van der Waals surface area contributed by atoms with Gasteiger partial charge in [-0.2, -0.15) is 4.31 Å². The number of rotatable bonds is 4. The summed E-state index contributed by atoms with van der Waals surface area (Å²) in [6, 6.07) is 7.22. The van der Waals surface area contributed by atoms with E-state index >= 15 is 0 Å². The fourth-order valence-electron chi connectivity index (χ4n) is 3.56. The van der Waals surface area contributed by atoms with Gasteiger partial charge in [0.2, 0.25) is 10.0 Å². The standard InChI is InChI=1S/C16H22N2O3S/c1-11(19)12-4-3-5-16(8-12)22(20,21)18(2)15-9-13-6-7-14(10-15)17-13/h3-5,8,13-15,17H,6-7,9-10H2,1-2H3. The topological polar surface area (TPSA) is 66.5 Å². The van der Waals surface area contributed by atoms with E-state index in [1.807, 2.05) is 0 Å². The van der Waals surface area contributed by atoms with Gasteiger partial charge in [-0.25, -0.2) is 8.42 Å². The third-order valence-corrected chi connectivity index (χ3v) is 6.79. The summed E-state index contributed by atoms with van der Waals surface area (Å²) in [5, 5.41) is 3.52. The first-order valence-electron chi connectivity index (χ1n) is 7.73. The van der Waals surface area contributed by atoms with Crippen LogP contribution in [-0.4, -0.2) is 43.7 Å². The number of carbonyl (C=O) groups excluding carboxylic acids is 1. The molecule has 2 atom stereocenters. The Labute approximate surface area is 131 Å². The van der Waals surface area contributed by atoms with E-state index in [9.17, 15) is 13.2 Å². The van der Waals surface area contributed by atoms with E-state index in [0.717, 1.165) is 25.7 Å². The van der Waals surface area contributed by atoms with E-state index in [0.29, 0.717) is 17.6 Å². The molecule has 120 valence electrons.